The largest absolute Gasteiger partial charge is 0.497 e. The van der Waals surface area contributed by atoms with Crippen molar-refractivity contribution in [3.8, 4) is 11.5 Å². The van der Waals surface area contributed by atoms with Gasteiger partial charge >= 0.3 is 0 Å². The number of hydrazone groups is 1. The molecule has 2 saturated heterocycles. The number of hydrazine groups is 1. The van der Waals surface area contributed by atoms with E-state index in [1.807, 2.05) is 47.5 Å². The fraction of sp³-hybridized carbons (Fsp3) is 0.440. The fourth-order valence-corrected chi connectivity index (χ4v) is 4.55. The second kappa shape index (κ2) is 10.4. The van der Waals surface area contributed by atoms with E-state index in [4.69, 9.17) is 25.8 Å². The van der Waals surface area contributed by atoms with Crippen molar-refractivity contribution in [2.24, 2.45) is 5.10 Å². The standard InChI is InChI=1S/C25H30ClN5O4/c1-28-11-13-29(14-12-28)16-19-5-8-21(15-22(19)26)34-23-9-10-30(23)31-24(17-32)35-25(27-31)18-3-6-20(33-2)7-4-18/h3-8,15,17,23-24H,9-14,16H2,1-2H3. The molecule has 0 radical (unpaired) electrons. The van der Waals surface area contributed by atoms with Crippen LogP contribution >= 0.6 is 11.6 Å². The third-order valence-corrected chi connectivity index (χ3v) is 6.95. The molecule has 9 nitrogen and oxygen atoms in total. The predicted octanol–water partition coefficient (Wildman–Crippen LogP) is 2.64. The van der Waals surface area contributed by atoms with Gasteiger partial charge in [-0.2, -0.15) is 10.1 Å². The summed E-state index contributed by atoms with van der Waals surface area (Å²) in [6.07, 6.45) is 0.433. The molecule has 186 valence electrons. The number of ether oxygens (including phenoxy) is 3. The molecule has 2 unspecified atom stereocenters. The van der Waals surface area contributed by atoms with E-state index in [1.54, 1.807) is 12.2 Å². The van der Waals surface area contributed by atoms with E-state index in [-0.39, 0.29) is 6.23 Å². The van der Waals surface area contributed by atoms with Gasteiger partial charge in [-0.1, -0.05) is 17.7 Å². The Labute approximate surface area is 210 Å². The van der Waals surface area contributed by atoms with Crippen LogP contribution in [0.3, 0.4) is 0 Å². The summed E-state index contributed by atoms with van der Waals surface area (Å²) in [5.41, 5.74) is 1.86. The van der Waals surface area contributed by atoms with Crippen molar-refractivity contribution < 1.29 is 19.0 Å². The average Bonchev–Trinajstić information content (AvgIpc) is 3.28. The zero-order valence-corrected chi connectivity index (χ0v) is 20.7. The van der Waals surface area contributed by atoms with Crippen LogP contribution in [0.4, 0.5) is 0 Å². The predicted molar refractivity (Wildman–Crippen MR) is 132 cm³/mol. The molecule has 35 heavy (non-hydrogen) atoms. The number of hydrogen-bond acceptors (Lipinski definition) is 9. The first-order chi connectivity index (χ1) is 17.0. The number of hydrogen-bond donors (Lipinski definition) is 0. The van der Waals surface area contributed by atoms with Crippen molar-refractivity contribution in [2.45, 2.75) is 25.4 Å². The van der Waals surface area contributed by atoms with E-state index in [0.29, 0.717) is 23.2 Å². The summed E-state index contributed by atoms with van der Waals surface area (Å²) in [6, 6.07) is 13.2. The van der Waals surface area contributed by atoms with Crippen molar-refractivity contribution in [3.63, 3.8) is 0 Å². The van der Waals surface area contributed by atoms with Gasteiger partial charge in [0, 0.05) is 56.3 Å². The Morgan fingerprint density at radius 2 is 1.83 bits per heavy atom. The summed E-state index contributed by atoms with van der Waals surface area (Å²) >= 11 is 6.60. The molecule has 3 aliphatic heterocycles. The Hall–Kier alpha value is -2.85. The van der Waals surface area contributed by atoms with Crippen LogP contribution < -0.4 is 9.47 Å². The maximum absolute atomic E-state index is 11.7. The molecule has 0 spiro atoms. The van der Waals surface area contributed by atoms with Crippen molar-refractivity contribution in [1.82, 2.24) is 19.9 Å². The number of likely N-dealkylation sites (N-methyl/N-ethyl adjacent to an activating group) is 1. The van der Waals surface area contributed by atoms with Gasteiger partial charge in [-0.15, -0.1) is 5.10 Å². The van der Waals surface area contributed by atoms with Crippen molar-refractivity contribution in [2.75, 3.05) is 46.9 Å². The maximum atomic E-state index is 11.7. The Morgan fingerprint density at radius 1 is 1.09 bits per heavy atom. The molecule has 0 aliphatic carbocycles. The Morgan fingerprint density at radius 3 is 2.46 bits per heavy atom. The SMILES string of the molecule is COc1ccc(C2=NN(N3CCC3Oc3ccc(CN4CCN(C)CC4)c(Cl)c3)C(C=O)O2)cc1. The lowest BCUT2D eigenvalue weighted by Gasteiger charge is -2.44. The van der Waals surface area contributed by atoms with Crippen LogP contribution in [-0.2, 0) is 16.1 Å². The van der Waals surface area contributed by atoms with Crippen LogP contribution in [0.2, 0.25) is 5.02 Å². The molecule has 0 aromatic heterocycles. The number of carbonyl (C=O) groups is 1. The summed E-state index contributed by atoms with van der Waals surface area (Å²) in [5, 5.41) is 8.70. The normalized spacial score (nSPS) is 23.4. The van der Waals surface area contributed by atoms with Gasteiger partial charge in [-0.25, -0.2) is 0 Å². The van der Waals surface area contributed by atoms with E-state index in [9.17, 15) is 4.79 Å². The lowest BCUT2D eigenvalue weighted by atomic mass is 10.1. The molecule has 3 heterocycles. The van der Waals surface area contributed by atoms with Gasteiger partial charge in [0.25, 0.3) is 6.23 Å². The number of rotatable bonds is 8. The van der Waals surface area contributed by atoms with Crippen LogP contribution in [-0.4, -0.2) is 91.4 Å². The number of nitrogens with zero attached hydrogens (tertiary/aromatic N) is 5. The van der Waals surface area contributed by atoms with E-state index in [0.717, 1.165) is 62.3 Å². The number of piperazine rings is 1. The second-order valence-corrected chi connectivity index (χ2v) is 9.36. The third-order valence-electron chi connectivity index (χ3n) is 6.59. The second-order valence-electron chi connectivity index (χ2n) is 8.96. The number of carbonyl (C=O) groups excluding carboxylic acids is 1. The number of benzene rings is 2. The zero-order valence-electron chi connectivity index (χ0n) is 20.0. The first-order valence-electron chi connectivity index (χ1n) is 11.8. The monoisotopic (exact) mass is 499 g/mol. The molecule has 2 aromatic rings. The molecule has 0 amide bonds. The quantitative estimate of drug-likeness (QED) is 0.513. The van der Waals surface area contributed by atoms with Crippen molar-refractivity contribution in [1.29, 1.82) is 0 Å². The average molecular weight is 500 g/mol. The Bertz CT molecular complexity index is 1070. The minimum absolute atomic E-state index is 0.264. The minimum Gasteiger partial charge on any atom is -0.497 e. The first-order valence-corrected chi connectivity index (χ1v) is 12.2. The highest BCUT2D eigenvalue weighted by atomic mass is 35.5. The third kappa shape index (κ3) is 5.23. The number of methoxy groups -OCH3 is 1. The minimum atomic E-state index is -0.840. The van der Waals surface area contributed by atoms with Gasteiger partial charge in [0.2, 0.25) is 5.90 Å². The molecule has 0 N–H and O–H groups in total. The van der Waals surface area contributed by atoms with Crippen LogP contribution in [0.5, 0.6) is 11.5 Å². The molecule has 0 bridgehead atoms. The van der Waals surface area contributed by atoms with Crippen LogP contribution in [0.25, 0.3) is 0 Å². The van der Waals surface area contributed by atoms with E-state index >= 15 is 0 Å². The highest BCUT2D eigenvalue weighted by Crippen LogP contribution is 2.31. The van der Waals surface area contributed by atoms with Gasteiger partial charge in [0.1, 0.15) is 11.5 Å². The molecule has 0 saturated carbocycles. The summed E-state index contributed by atoms with van der Waals surface area (Å²) in [6.45, 7) is 5.75. The van der Waals surface area contributed by atoms with E-state index in [1.165, 1.54) is 0 Å². The van der Waals surface area contributed by atoms with Crippen molar-refractivity contribution in [3.05, 3.63) is 58.6 Å². The highest BCUT2D eigenvalue weighted by molar-refractivity contribution is 6.31. The summed E-state index contributed by atoms with van der Waals surface area (Å²) in [4.78, 5) is 16.5. The summed E-state index contributed by atoms with van der Waals surface area (Å²) in [5.74, 6) is 1.81. The van der Waals surface area contributed by atoms with Gasteiger partial charge in [0.05, 0.1) is 7.11 Å². The first kappa shape index (κ1) is 23.9. The molecule has 2 atom stereocenters. The Balaban J connectivity index is 1.23. The number of aldehydes is 1. The molecular weight excluding hydrogens is 470 g/mol. The lowest BCUT2D eigenvalue weighted by molar-refractivity contribution is -0.218. The van der Waals surface area contributed by atoms with E-state index in [2.05, 4.69) is 21.9 Å². The summed E-state index contributed by atoms with van der Waals surface area (Å²) < 4.78 is 17.2. The van der Waals surface area contributed by atoms with E-state index < -0.39 is 6.23 Å². The smallest absolute Gasteiger partial charge is 0.260 e. The van der Waals surface area contributed by atoms with Gasteiger partial charge in [0.15, 0.2) is 12.5 Å². The van der Waals surface area contributed by atoms with Gasteiger partial charge < -0.3 is 19.1 Å². The number of halogens is 1. The van der Waals surface area contributed by atoms with Gasteiger partial charge in [-0.3, -0.25) is 9.69 Å². The molecule has 2 aromatic carbocycles. The van der Waals surface area contributed by atoms with Crippen LogP contribution in [0.15, 0.2) is 47.6 Å². The molecular formula is C25H30ClN5O4. The van der Waals surface area contributed by atoms with Crippen molar-refractivity contribution >= 4 is 23.8 Å². The Kier molecular flexibility index (Phi) is 7.10. The molecule has 10 heteroatoms. The van der Waals surface area contributed by atoms with Crippen LogP contribution in [0.1, 0.15) is 17.5 Å². The zero-order chi connectivity index (χ0) is 24.4. The highest BCUT2D eigenvalue weighted by Gasteiger charge is 2.42. The van der Waals surface area contributed by atoms with Gasteiger partial charge in [-0.05, 0) is 49.0 Å². The molecule has 5 rings (SSSR count). The topological polar surface area (TPSA) is 70.1 Å². The lowest BCUT2D eigenvalue weighted by Crippen LogP contribution is -2.60. The maximum Gasteiger partial charge on any atom is 0.260 e. The summed E-state index contributed by atoms with van der Waals surface area (Å²) in [7, 11) is 3.76. The van der Waals surface area contributed by atoms with Crippen LogP contribution in [0, 0.1) is 0 Å². The molecule has 3 aliphatic rings. The fourth-order valence-electron chi connectivity index (χ4n) is 4.32. The molecule has 2 fully saturated rings.